The number of aromatic nitrogens is 1. The van der Waals surface area contributed by atoms with Gasteiger partial charge < -0.3 is 14.5 Å². The fraction of sp³-hybridized carbons (Fsp3) is 0.100. The van der Waals surface area contributed by atoms with Crippen LogP contribution in [0.15, 0.2) is 60.8 Å². The summed E-state index contributed by atoms with van der Waals surface area (Å²) in [5.74, 6) is -0.0441. The lowest BCUT2D eigenvalue weighted by Gasteiger charge is -2.13. The topological polar surface area (TPSA) is 92.5 Å². The van der Waals surface area contributed by atoms with Crippen LogP contribution in [0.5, 0.6) is 11.5 Å². The van der Waals surface area contributed by atoms with Gasteiger partial charge in [-0.05, 0) is 48.0 Å². The van der Waals surface area contributed by atoms with Crippen molar-refractivity contribution in [1.29, 1.82) is 0 Å². The van der Waals surface area contributed by atoms with Crippen LogP contribution >= 0.6 is 11.6 Å². The van der Waals surface area contributed by atoms with Crippen molar-refractivity contribution in [3.8, 4) is 11.5 Å². The normalized spacial score (nSPS) is 10.2. The van der Waals surface area contributed by atoms with Crippen molar-refractivity contribution in [1.82, 2.24) is 15.8 Å². The number of hydrogen-bond acceptors (Lipinski definition) is 4. The van der Waals surface area contributed by atoms with Crippen molar-refractivity contribution in [2.75, 3.05) is 7.11 Å². The maximum absolute atomic E-state index is 12.3. The molecule has 3 rings (SSSR count). The van der Waals surface area contributed by atoms with E-state index >= 15 is 0 Å². The molecule has 0 spiro atoms. The molecule has 8 heteroatoms. The van der Waals surface area contributed by atoms with E-state index < -0.39 is 11.8 Å². The van der Waals surface area contributed by atoms with E-state index in [9.17, 15) is 9.59 Å². The molecule has 1 aromatic heterocycles. The zero-order valence-corrected chi connectivity index (χ0v) is 15.7. The number of carbonyl (C=O) groups excluding carboxylic acids is 2. The first kappa shape index (κ1) is 19.3. The molecule has 0 saturated heterocycles. The predicted octanol–water partition coefficient (Wildman–Crippen LogP) is 3.33. The molecule has 144 valence electrons. The highest BCUT2D eigenvalue weighted by Crippen LogP contribution is 2.29. The van der Waals surface area contributed by atoms with Crippen LogP contribution in [0.2, 0.25) is 5.02 Å². The number of carbonyl (C=O) groups is 2. The minimum Gasteiger partial charge on any atom is -0.493 e. The number of hydrogen-bond donors (Lipinski definition) is 3. The Hall–Kier alpha value is -3.45. The Kier molecular flexibility index (Phi) is 6.18. The lowest BCUT2D eigenvalue weighted by atomic mass is 10.2. The molecule has 0 aliphatic heterocycles. The number of rotatable bonds is 6. The van der Waals surface area contributed by atoms with E-state index in [0.717, 1.165) is 5.56 Å². The molecule has 0 aliphatic rings. The van der Waals surface area contributed by atoms with Crippen LogP contribution in [0.4, 0.5) is 0 Å². The smallest absolute Gasteiger partial charge is 0.286 e. The van der Waals surface area contributed by atoms with Gasteiger partial charge in [0.1, 0.15) is 12.3 Å². The van der Waals surface area contributed by atoms with E-state index in [-0.39, 0.29) is 0 Å². The second kappa shape index (κ2) is 8.96. The second-order valence-electron chi connectivity index (χ2n) is 5.77. The third-order valence-corrected chi connectivity index (χ3v) is 4.12. The summed E-state index contributed by atoms with van der Waals surface area (Å²) in [4.78, 5) is 26.9. The van der Waals surface area contributed by atoms with Crippen molar-refractivity contribution in [3.63, 3.8) is 0 Å². The van der Waals surface area contributed by atoms with Crippen LogP contribution < -0.4 is 20.3 Å². The Morgan fingerprint density at radius 3 is 2.43 bits per heavy atom. The first-order valence-corrected chi connectivity index (χ1v) is 8.74. The van der Waals surface area contributed by atoms with Crippen LogP contribution in [0.3, 0.4) is 0 Å². The molecule has 1 heterocycles. The van der Waals surface area contributed by atoms with Gasteiger partial charge in [-0.2, -0.15) is 0 Å². The van der Waals surface area contributed by atoms with E-state index in [4.69, 9.17) is 21.1 Å². The highest BCUT2D eigenvalue weighted by Gasteiger charge is 2.13. The number of H-pyrrole nitrogens is 1. The lowest BCUT2D eigenvalue weighted by molar-refractivity contribution is 0.0844. The monoisotopic (exact) mass is 399 g/mol. The van der Waals surface area contributed by atoms with Crippen molar-refractivity contribution < 1.29 is 19.1 Å². The molecule has 0 saturated carbocycles. The number of amides is 2. The number of halogens is 1. The standard InChI is InChI=1S/C20H18ClN3O4/c1-27-18-11-14(19(25)23-24-20(26)16-3-2-10-22-16)6-9-17(18)28-12-13-4-7-15(21)8-5-13/h2-11,22H,12H2,1H3,(H,23,25)(H,24,26). The second-order valence-corrected chi connectivity index (χ2v) is 6.21. The highest BCUT2D eigenvalue weighted by molar-refractivity contribution is 6.30. The molecule has 3 N–H and O–H groups in total. The number of methoxy groups -OCH3 is 1. The maximum Gasteiger partial charge on any atom is 0.286 e. The Balaban J connectivity index is 1.62. The average Bonchev–Trinajstić information content (AvgIpc) is 3.26. The zero-order valence-electron chi connectivity index (χ0n) is 15.0. The van der Waals surface area contributed by atoms with Crippen LogP contribution in [0.1, 0.15) is 26.4 Å². The quantitative estimate of drug-likeness (QED) is 0.554. The van der Waals surface area contributed by atoms with Gasteiger partial charge in [0.2, 0.25) is 0 Å². The van der Waals surface area contributed by atoms with E-state index in [1.54, 1.807) is 42.6 Å². The minimum atomic E-state index is -0.484. The van der Waals surface area contributed by atoms with Gasteiger partial charge in [0, 0.05) is 16.8 Å². The molecular weight excluding hydrogens is 382 g/mol. The highest BCUT2D eigenvalue weighted by atomic mass is 35.5. The largest absolute Gasteiger partial charge is 0.493 e. The van der Waals surface area contributed by atoms with Crippen LogP contribution in [0, 0.1) is 0 Å². The molecule has 0 aliphatic carbocycles. The third-order valence-electron chi connectivity index (χ3n) is 3.87. The summed E-state index contributed by atoms with van der Waals surface area (Å²) in [6.45, 7) is 0.325. The minimum absolute atomic E-state index is 0.308. The Bertz CT molecular complexity index is 956. The van der Waals surface area contributed by atoms with Gasteiger partial charge in [-0.3, -0.25) is 20.4 Å². The van der Waals surface area contributed by atoms with E-state index in [1.165, 1.54) is 13.2 Å². The van der Waals surface area contributed by atoms with Gasteiger partial charge in [-0.25, -0.2) is 0 Å². The Labute approximate surface area is 166 Å². The van der Waals surface area contributed by atoms with Gasteiger partial charge in [-0.1, -0.05) is 23.7 Å². The van der Waals surface area contributed by atoms with Crippen molar-refractivity contribution in [3.05, 3.63) is 82.6 Å². The fourth-order valence-corrected chi connectivity index (χ4v) is 2.52. The summed E-state index contributed by atoms with van der Waals surface area (Å²) in [5.41, 5.74) is 6.28. The number of benzene rings is 2. The third kappa shape index (κ3) is 4.83. The number of ether oxygens (including phenoxy) is 2. The number of hydrazine groups is 1. The Morgan fingerprint density at radius 1 is 1.00 bits per heavy atom. The lowest BCUT2D eigenvalue weighted by Crippen LogP contribution is -2.41. The molecular formula is C20H18ClN3O4. The van der Waals surface area contributed by atoms with E-state index in [2.05, 4.69) is 15.8 Å². The molecule has 3 aromatic rings. The zero-order chi connectivity index (χ0) is 19.9. The summed E-state index contributed by atoms with van der Waals surface area (Å²) >= 11 is 5.87. The molecule has 7 nitrogen and oxygen atoms in total. The number of aromatic amines is 1. The fourth-order valence-electron chi connectivity index (χ4n) is 2.39. The molecule has 0 unspecified atom stereocenters. The summed E-state index contributed by atoms with van der Waals surface area (Å²) in [5, 5.41) is 0.653. The van der Waals surface area contributed by atoms with Crippen LogP contribution in [0.25, 0.3) is 0 Å². The van der Waals surface area contributed by atoms with Gasteiger partial charge in [0.15, 0.2) is 11.5 Å². The molecule has 0 fully saturated rings. The maximum atomic E-state index is 12.3. The molecule has 2 amide bonds. The predicted molar refractivity (Wildman–Crippen MR) is 105 cm³/mol. The Morgan fingerprint density at radius 2 is 1.75 bits per heavy atom. The number of nitrogens with one attached hydrogen (secondary N) is 3. The van der Waals surface area contributed by atoms with E-state index in [1.807, 2.05) is 12.1 Å². The van der Waals surface area contributed by atoms with Gasteiger partial charge in [-0.15, -0.1) is 0 Å². The SMILES string of the molecule is COc1cc(C(=O)NNC(=O)c2ccc[nH]2)ccc1OCc1ccc(Cl)cc1. The van der Waals surface area contributed by atoms with Crippen molar-refractivity contribution in [2.45, 2.75) is 6.61 Å². The van der Waals surface area contributed by atoms with Gasteiger partial charge >= 0.3 is 0 Å². The molecule has 0 radical (unpaired) electrons. The van der Waals surface area contributed by atoms with Crippen LogP contribution in [-0.2, 0) is 6.61 Å². The van der Waals surface area contributed by atoms with E-state index in [0.29, 0.717) is 34.4 Å². The summed E-state index contributed by atoms with van der Waals surface area (Å²) in [7, 11) is 1.49. The molecule has 0 atom stereocenters. The first-order valence-electron chi connectivity index (χ1n) is 8.36. The van der Waals surface area contributed by atoms with Gasteiger partial charge in [0.05, 0.1) is 7.11 Å². The summed E-state index contributed by atoms with van der Waals surface area (Å²) < 4.78 is 11.1. The summed E-state index contributed by atoms with van der Waals surface area (Å²) in [6.07, 6.45) is 1.62. The summed E-state index contributed by atoms with van der Waals surface area (Å²) in [6, 6.07) is 15.3. The van der Waals surface area contributed by atoms with Gasteiger partial charge in [0.25, 0.3) is 11.8 Å². The van der Waals surface area contributed by atoms with Crippen molar-refractivity contribution in [2.24, 2.45) is 0 Å². The first-order chi connectivity index (χ1) is 13.6. The molecule has 0 bridgehead atoms. The molecule has 2 aromatic carbocycles. The molecule has 28 heavy (non-hydrogen) atoms. The van der Waals surface area contributed by atoms with Crippen LogP contribution in [-0.4, -0.2) is 23.9 Å². The van der Waals surface area contributed by atoms with Crippen molar-refractivity contribution >= 4 is 23.4 Å². The average molecular weight is 400 g/mol.